The van der Waals surface area contributed by atoms with Crippen LogP contribution in [0.15, 0.2) is 60.8 Å². The number of pyridine rings is 1. The average Bonchev–Trinajstić information content (AvgIpc) is 2.78. The van der Waals surface area contributed by atoms with Gasteiger partial charge in [0.25, 0.3) is 0 Å². The van der Waals surface area contributed by atoms with Crippen molar-refractivity contribution in [2.24, 2.45) is 0 Å². The summed E-state index contributed by atoms with van der Waals surface area (Å²) in [4.78, 5) is 6.19. The van der Waals surface area contributed by atoms with Crippen molar-refractivity contribution in [2.75, 3.05) is 13.2 Å². The summed E-state index contributed by atoms with van der Waals surface area (Å²) < 4.78 is 86.2. The Kier molecular flexibility index (Phi) is 6.58. The molecule has 0 radical (unpaired) electrons. The van der Waals surface area contributed by atoms with Crippen LogP contribution >= 0.6 is 0 Å². The number of alkyl halides is 6. The van der Waals surface area contributed by atoms with Crippen LogP contribution in [0.4, 0.5) is 26.3 Å². The lowest BCUT2D eigenvalue weighted by Gasteiger charge is -2.33. The minimum absolute atomic E-state index is 0.0460. The van der Waals surface area contributed by atoms with Crippen LogP contribution in [0.5, 0.6) is 5.88 Å². The highest BCUT2D eigenvalue weighted by Crippen LogP contribution is 2.39. The Labute approximate surface area is 193 Å². The van der Waals surface area contributed by atoms with E-state index in [-0.39, 0.29) is 18.2 Å². The summed E-state index contributed by atoms with van der Waals surface area (Å²) in [6.07, 6.45) is -7.61. The Balaban J connectivity index is 1.75. The molecule has 1 atom stereocenters. The van der Waals surface area contributed by atoms with Crippen molar-refractivity contribution in [1.82, 2.24) is 9.88 Å². The second-order valence-corrected chi connectivity index (χ2v) is 8.20. The first-order chi connectivity index (χ1) is 16.0. The molecule has 1 aliphatic rings. The normalized spacial score (nSPS) is 16.2. The van der Waals surface area contributed by atoms with Crippen molar-refractivity contribution < 1.29 is 31.1 Å². The van der Waals surface area contributed by atoms with Crippen LogP contribution < -0.4 is 4.74 Å². The third-order valence-electron chi connectivity index (χ3n) is 5.93. The minimum Gasteiger partial charge on any atom is -0.477 e. The molecule has 4 rings (SSSR count). The lowest BCUT2D eigenvalue weighted by molar-refractivity contribution is -0.143. The smallest absolute Gasteiger partial charge is 0.416 e. The number of rotatable bonds is 3. The van der Waals surface area contributed by atoms with Gasteiger partial charge in [-0.25, -0.2) is 4.98 Å². The molecule has 3 nitrogen and oxygen atoms in total. The SMILES string of the molecule is CC(c1cc(C(F)(F)F)cc(C(F)(F)F)c1)N1CCCOc2nccc(-c3ccccc3)c2C1. The molecule has 1 aromatic heterocycles. The predicted octanol–water partition coefficient (Wildman–Crippen LogP) is 7.13. The highest BCUT2D eigenvalue weighted by molar-refractivity contribution is 5.68. The maximum Gasteiger partial charge on any atom is 0.416 e. The molecule has 0 N–H and O–H groups in total. The Bertz CT molecular complexity index is 1110. The molecule has 1 unspecified atom stereocenters. The van der Waals surface area contributed by atoms with Gasteiger partial charge >= 0.3 is 12.4 Å². The number of hydrogen-bond acceptors (Lipinski definition) is 3. The third-order valence-corrected chi connectivity index (χ3v) is 5.93. The van der Waals surface area contributed by atoms with E-state index in [2.05, 4.69) is 4.98 Å². The van der Waals surface area contributed by atoms with E-state index in [9.17, 15) is 26.3 Å². The lowest BCUT2D eigenvalue weighted by atomic mass is 9.97. The molecule has 0 fully saturated rings. The zero-order chi connectivity index (χ0) is 24.5. The number of nitrogens with zero attached hydrogens (tertiary/aromatic N) is 2. The molecule has 0 saturated carbocycles. The first kappa shape index (κ1) is 24.1. The zero-order valence-corrected chi connectivity index (χ0v) is 18.2. The van der Waals surface area contributed by atoms with Gasteiger partial charge in [-0.05, 0) is 54.3 Å². The zero-order valence-electron chi connectivity index (χ0n) is 18.2. The second-order valence-electron chi connectivity index (χ2n) is 8.20. The molecule has 180 valence electrons. The van der Waals surface area contributed by atoms with Crippen molar-refractivity contribution >= 4 is 0 Å². The van der Waals surface area contributed by atoms with Crippen LogP contribution in [-0.2, 0) is 18.9 Å². The van der Waals surface area contributed by atoms with E-state index < -0.39 is 29.5 Å². The molecule has 0 aliphatic carbocycles. The molecule has 9 heteroatoms. The second kappa shape index (κ2) is 9.29. The van der Waals surface area contributed by atoms with Crippen LogP contribution in [0.3, 0.4) is 0 Å². The van der Waals surface area contributed by atoms with Gasteiger partial charge in [0.2, 0.25) is 5.88 Å². The van der Waals surface area contributed by atoms with E-state index in [1.807, 2.05) is 41.3 Å². The topological polar surface area (TPSA) is 25.4 Å². The van der Waals surface area contributed by atoms with Gasteiger partial charge in [-0.2, -0.15) is 26.3 Å². The summed E-state index contributed by atoms with van der Waals surface area (Å²) in [5.74, 6) is 0.415. The van der Waals surface area contributed by atoms with Crippen molar-refractivity contribution in [1.29, 1.82) is 0 Å². The number of benzene rings is 2. The molecule has 0 amide bonds. The summed E-state index contributed by atoms with van der Waals surface area (Å²) in [5, 5.41) is 0. The Hall–Kier alpha value is -3.07. The highest BCUT2D eigenvalue weighted by atomic mass is 19.4. The monoisotopic (exact) mass is 480 g/mol. The summed E-state index contributed by atoms with van der Waals surface area (Å²) in [5.41, 5.74) is -0.169. The highest BCUT2D eigenvalue weighted by Gasteiger charge is 2.38. The number of halogens is 6. The molecule has 34 heavy (non-hydrogen) atoms. The lowest BCUT2D eigenvalue weighted by Crippen LogP contribution is -2.31. The molecule has 2 aromatic carbocycles. The van der Waals surface area contributed by atoms with Crippen molar-refractivity contribution in [2.45, 2.75) is 38.3 Å². The van der Waals surface area contributed by atoms with Gasteiger partial charge in [-0.1, -0.05) is 30.3 Å². The van der Waals surface area contributed by atoms with Gasteiger partial charge in [0.15, 0.2) is 0 Å². The first-order valence-electron chi connectivity index (χ1n) is 10.7. The fourth-order valence-corrected chi connectivity index (χ4v) is 4.12. The van der Waals surface area contributed by atoms with Crippen molar-refractivity contribution in [3.8, 4) is 17.0 Å². The van der Waals surface area contributed by atoms with E-state index in [0.717, 1.165) is 28.8 Å². The van der Waals surface area contributed by atoms with E-state index in [1.165, 1.54) is 0 Å². The largest absolute Gasteiger partial charge is 0.477 e. The Morgan fingerprint density at radius 2 is 1.56 bits per heavy atom. The van der Waals surface area contributed by atoms with Gasteiger partial charge in [0, 0.05) is 30.9 Å². The van der Waals surface area contributed by atoms with Crippen LogP contribution in [0, 0.1) is 0 Å². The predicted molar refractivity (Wildman–Crippen MR) is 115 cm³/mol. The average molecular weight is 480 g/mol. The number of fused-ring (bicyclic) bond motifs is 1. The van der Waals surface area contributed by atoms with Gasteiger partial charge in [0.05, 0.1) is 17.7 Å². The maximum absolute atomic E-state index is 13.4. The van der Waals surface area contributed by atoms with Gasteiger partial charge in [-0.3, -0.25) is 4.90 Å². The molecule has 3 aromatic rings. The van der Waals surface area contributed by atoms with Gasteiger partial charge in [-0.15, -0.1) is 0 Å². The van der Waals surface area contributed by atoms with Crippen molar-refractivity contribution in [3.05, 3.63) is 83.0 Å². The van der Waals surface area contributed by atoms with E-state index >= 15 is 0 Å². The quantitative estimate of drug-likeness (QED) is 0.373. The summed E-state index contributed by atoms with van der Waals surface area (Å²) in [6.45, 7) is 2.64. The molecule has 0 saturated heterocycles. The molecular formula is C25H22F6N2O. The molecule has 1 aliphatic heterocycles. The molecule has 2 heterocycles. The summed E-state index contributed by atoms with van der Waals surface area (Å²) in [7, 11) is 0. The van der Waals surface area contributed by atoms with E-state index in [1.54, 1.807) is 13.1 Å². The summed E-state index contributed by atoms with van der Waals surface area (Å²) in [6, 6.07) is 12.4. The standard InChI is InChI=1S/C25H22F6N2O/c1-16(18-12-19(24(26,27)28)14-20(13-18)25(29,30)31)33-10-5-11-34-23-22(15-33)21(8-9-32-23)17-6-3-2-4-7-17/h2-4,6-9,12-14,16H,5,10-11,15H2,1H3. The Morgan fingerprint density at radius 3 is 2.18 bits per heavy atom. The van der Waals surface area contributed by atoms with Gasteiger partial charge < -0.3 is 4.74 Å². The van der Waals surface area contributed by atoms with Gasteiger partial charge in [0.1, 0.15) is 0 Å². The van der Waals surface area contributed by atoms with Crippen LogP contribution in [0.2, 0.25) is 0 Å². The number of ether oxygens (including phenoxy) is 1. The molecular weight excluding hydrogens is 458 g/mol. The Morgan fingerprint density at radius 1 is 0.912 bits per heavy atom. The number of hydrogen-bond donors (Lipinski definition) is 0. The van der Waals surface area contributed by atoms with Crippen LogP contribution in [0.25, 0.3) is 11.1 Å². The van der Waals surface area contributed by atoms with E-state index in [0.29, 0.717) is 25.5 Å². The molecule has 0 spiro atoms. The number of aromatic nitrogens is 1. The first-order valence-corrected chi connectivity index (χ1v) is 10.7. The maximum atomic E-state index is 13.4. The van der Waals surface area contributed by atoms with Crippen molar-refractivity contribution in [3.63, 3.8) is 0 Å². The third kappa shape index (κ3) is 5.19. The fourth-order valence-electron chi connectivity index (χ4n) is 4.12. The molecule has 0 bridgehead atoms. The minimum atomic E-state index is -4.89. The summed E-state index contributed by atoms with van der Waals surface area (Å²) >= 11 is 0. The van der Waals surface area contributed by atoms with E-state index in [4.69, 9.17) is 4.74 Å². The van der Waals surface area contributed by atoms with Crippen LogP contribution in [0.1, 0.15) is 41.6 Å². The van der Waals surface area contributed by atoms with Crippen LogP contribution in [-0.4, -0.2) is 23.0 Å². The fraction of sp³-hybridized carbons (Fsp3) is 0.320.